The Morgan fingerprint density at radius 3 is 2.52 bits per heavy atom. The summed E-state index contributed by atoms with van der Waals surface area (Å²) >= 11 is 6.10. The van der Waals surface area contributed by atoms with Crippen LogP contribution in [0.4, 0.5) is 0 Å². The van der Waals surface area contributed by atoms with E-state index in [-0.39, 0.29) is 12.3 Å². The molecule has 8 heteroatoms. The maximum Gasteiger partial charge on any atom is 0.228 e. The molecule has 130 valence electrons. The number of nitrogens with zero attached hydrogens (tertiary/aromatic N) is 2. The number of hydrogen-bond donors (Lipinski definition) is 1. The highest BCUT2D eigenvalue weighted by atomic mass is 35.5. The summed E-state index contributed by atoms with van der Waals surface area (Å²) in [6, 6.07) is 16.2. The maximum atomic E-state index is 12.1. The SMILES string of the molecule is O=S(=O)(Cc1ccccc1)NCCc1nc(-c2ccccc2Cl)no1. The summed E-state index contributed by atoms with van der Waals surface area (Å²) in [5, 5.41) is 4.41. The van der Waals surface area contributed by atoms with Crippen LogP contribution in [0.25, 0.3) is 11.4 Å². The van der Waals surface area contributed by atoms with Crippen molar-refractivity contribution in [3.8, 4) is 11.4 Å². The van der Waals surface area contributed by atoms with Gasteiger partial charge in [-0.3, -0.25) is 0 Å². The third kappa shape index (κ3) is 4.88. The summed E-state index contributed by atoms with van der Waals surface area (Å²) in [5.74, 6) is 0.660. The lowest BCUT2D eigenvalue weighted by Gasteiger charge is -2.05. The summed E-state index contributed by atoms with van der Waals surface area (Å²) in [6.45, 7) is 0.180. The number of hydrogen-bond acceptors (Lipinski definition) is 5. The van der Waals surface area contributed by atoms with Crippen LogP contribution in [0.3, 0.4) is 0 Å². The first-order valence-electron chi connectivity index (χ1n) is 7.62. The molecule has 1 N–H and O–H groups in total. The molecule has 1 aromatic heterocycles. The van der Waals surface area contributed by atoms with E-state index < -0.39 is 10.0 Å². The average molecular weight is 378 g/mol. The number of aromatic nitrogens is 2. The maximum absolute atomic E-state index is 12.1. The molecule has 3 aromatic rings. The first-order valence-corrected chi connectivity index (χ1v) is 9.65. The second kappa shape index (κ2) is 7.77. The highest BCUT2D eigenvalue weighted by Gasteiger charge is 2.14. The van der Waals surface area contributed by atoms with Crippen molar-refractivity contribution in [1.29, 1.82) is 0 Å². The van der Waals surface area contributed by atoms with Gasteiger partial charge >= 0.3 is 0 Å². The first-order chi connectivity index (χ1) is 12.0. The fraction of sp³-hybridized carbons (Fsp3) is 0.176. The van der Waals surface area contributed by atoms with Crippen molar-refractivity contribution >= 4 is 21.6 Å². The van der Waals surface area contributed by atoms with E-state index in [0.717, 1.165) is 5.56 Å². The Kier molecular flexibility index (Phi) is 5.47. The van der Waals surface area contributed by atoms with E-state index in [4.69, 9.17) is 16.1 Å². The second-order valence-electron chi connectivity index (χ2n) is 5.38. The molecule has 0 saturated carbocycles. The van der Waals surface area contributed by atoms with Crippen LogP contribution in [-0.2, 0) is 22.2 Å². The predicted molar refractivity (Wildman–Crippen MR) is 95.5 cm³/mol. The minimum absolute atomic E-state index is 0.0669. The smallest absolute Gasteiger partial charge is 0.228 e. The topological polar surface area (TPSA) is 85.1 Å². The van der Waals surface area contributed by atoms with Crippen LogP contribution in [0.15, 0.2) is 59.1 Å². The molecule has 0 saturated heterocycles. The molecular weight excluding hydrogens is 362 g/mol. The van der Waals surface area contributed by atoms with Crippen LogP contribution in [-0.4, -0.2) is 25.1 Å². The van der Waals surface area contributed by atoms with Crippen molar-refractivity contribution in [3.63, 3.8) is 0 Å². The van der Waals surface area contributed by atoms with Crippen LogP contribution in [0.2, 0.25) is 5.02 Å². The van der Waals surface area contributed by atoms with Gasteiger partial charge < -0.3 is 4.52 Å². The van der Waals surface area contributed by atoms with Gasteiger partial charge in [0, 0.05) is 18.5 Å². The Hall–Kier alpha value is -2.22. The molecule has 0 unspecified atom stereocenters. The summed E-state index contributed by atoms with van der Waals surface area (Å²) in [5.41, 5.74) is 1.40. The highest BCUT2D eigenvalue weighted by molar-refractivity contribution is 7.88. The lowest BCUT2D eigenvalue weighted by atomic mass is 10.2. The standard InChI is InChI=1S/C17H16ClN3O3S/c18-15-9-5-4-8-14(15)17-20-16(24-21-17)10-11-19-25(22,23)12-13-6-2-1-3-7-13/h1-9,19H,10-12H2. The Balaban J connectivity index is 1.57. The largest absolute Gasteiger partial charge is 0.339 e. The highest BCUT2D eigenvalue weighted by Crippen LogP contribution is 2.24. The second-order valence-corrected chi connectivity index (χ2v) is 7.59. The van der Waals surface area contributed by atoms with Gasteiger partial charge in [-0.25, -0.2) is 13.1 Å². The van der Waals surface area contributed by atoms with Crippen molar-refractivity contribution in [1.82, 2.24) is 14.9 Å². The quantitative estimate of drug-likeness (QED) is 0.684. The minimum Gasteiger partial charge on any atom is -0.339 e. The Morgan fingerprint density at radius 2 is 1.76 bits per heavy atom. The minimum atomic E-state index is -3.42. The number of nitrogens with one attached hydrogen (secondary N) is 1. The van der Waals surface area contributed by atoms with Crippen molar-refractivity contribution < 1.29 is 12.9 Å². The van der Waals surface area contributed by atoms with Gasteiger partial charge in [0.05, 0.1) is 10.8 Å². The molecule has 6 nitrogen and oxygen atoms in total. The van der Waals surface area contributed by atoms with Gasteiger partial charge in [-0.1, -0.05) is 59.2 Å². The molecule has 0 aliphatic rings. The molecule has 25 heavy (non-hydrogen) atoms. The summed E-state index contributed by atoms with van der Waals surface area (Å²) in [6.07, 6.45) is 0.297. The van der Waals surface area contributed by atoms with Crippen molar-refractivity contribution in [2.75, 3.05) is 6.54 Å². The van der Waals surface area contributed by atoms with Gasteiger partial charge in [-0.2, -0.15) is 4.98 Å². The zero-order valence-corrected chi connectivity index (χ0v) is 14.8. The predicted octanol–water partition coefficient (Wildman–Crippen LogP) is 3.05. The Morgan fingerprint density at radius 1 is 1.04 bits per heavy atom. The average Bonchev–Trinajstić information content (AvgIpc) is 3.04. The zero-order chi connectivity index (χ0) is 17.7. The van der Waals surface area contributed by atoms with E-state index >= 15 is 0 Å². The zero-order valence-electron chi connectivity index (χ0n) is 13.2. The van der Waals surface area contributed by atoms with Gasteiger partial charge in [-0.15, -0.1) is 0 Å². The van der Waals surface area contributed by atoms with Crippen LogP contribution in [0, 0.1) is 0 Å². The number of sulfonamides is 1. The normalized spacial score (nSPS) is 11.6. The molecule has 3 rings (SSSR count). The summed E-state index contributed by atoms with van der Waals surface area (Å²) in [7, 11) is -3.42. The number of rotatable bonds is 7. The van der Waals surface area contributed by atoms with E-state index in [9.17, 15) is 8.42 Å². The monoisotopic (exact) mass is 377 g/mol. The molecule has 0 atom stereocenters. The molecule has 0 spiro atoms. The van der Waals surface area contributed by atoms with E-state index in [1.54, 1.807) is 36.4 Å². The van der Waals surface area contributed by atoms with E-state index in [1.165, 1.54) is 0 Å². The molecule has 2 aromatic carbocycles. The van der Waals surface area contributed by atoms with Gasteiger partial charge in [0.1, 0.15) is 0 Å². The van der Waals surface area contributed by atoms with Crippen molar-refractivity contribution in [2.45, 2.75) is 12.2 Å². The fourth-order valence-electron chi connectivity index (χ4n) is 2.27. The van der Waals surface area contributed by atoms with Gasteiger partial charge in [-0.05, 0) is 17.7 Å². The lowest BCUT2D eigenvalue weighted by molar-refractivity contribution is 0.379. The van der Waals surface area contributed by atoms with Crippen LogP contribution in [0.1, 0.15) is 11.5 Å². The molecule has 0 bridgehead atoms. The molecule has 0 radical (unpaired) electrons. The lowest BCUT2D eigenvalue weighted by Crippen LogP contribution is -2.27. The van der Waals surface area contributed by atoms with Gasteiger partial charge in [0.25, 0.3) is 0 Å². The van der Waals surface area contributed by atoms with Crippen molar-refractivity contribution in [2.24, 2.45) is 0 Å². The molecule has 0 aliphatic heterocycles. The van der Waals surface area contributed by atoms with Crippen molar-refractivity contribution in [3.05, 3.63) is 71.1 Å². The third-order valence-electron chi connectivity index (χ3n) is 3.44. The molecule has 0 fully saturated rings. The molecular formula is C17H16ClN3O3S. The summed E-state index contributed by atoms with van der Waals surface area (Å²) in [4.78, 5) is 4.25. The molecule has 0 aliphatic carbocycles. The van der Waals surface area contributed by atoms with Gasteiger partial charge in [0.15, 0.2) is 0 Å². The molecule has 0 amide bonds. The molecule has 1 heterocycles. The van der Waals surface area contributed by atoms with Crippen LogP contribution in [0.5, 0.6) is 0 Å². The van der Waals surface area contributed by atoms with Gasteiger partial charge in [0.2, 0.25) is 21.7 Å². The Labute approximate surface area is 150 Å². The van der Waals surface area contributed by atoms with E-state index in [2.05, 4.69) is 14.9 Å². The van der Waals surface area contributed by atoms with Crippen LogP contribution >= 0.6 is 11.6 Å². The number of benzene rings is 2. The number of halogens is 1. The first kappa shape index (κ1) is 17.6. The van der Waals surface area contributed by atoms with E-state index in [0.29, 0.717) is 28.7 Å². The summed E-state index contributed by atoms with van der Waals surface area (Å²) < 4.78 is 31.8. The fourth-order valence-corrected chi connectivity index (χ4v) is 3.63. The Bertz CT molecular complexity index is 943. The van der Waals surface area contributed by atoms with Crippen LogP contribution < -0.4 is 4.72 Å². The van der Waals surface area contributed by atoms with E-state index in [1.807, 2.05) is 18.2 Å². The third-order valence-corrected chi connectivity index (χ3v) is 5.13.